The highest BCUT2D eigenvalue weighted by Crippen LogP contribution is 2.33. The maximum Gasteiger partial charge on any atom is 0.133 e. The second-order valence-corrected chi connectivity index (χ2v) is 7.42. The van der Waals surface area contributed by atoms with E-state index in [9.17, 15) is 5.26 Å². The highest BCUT2D eigenvalue weighted by molar-refractivity contribution is 6.30. The van der Waals surface area contributed by atoms with Crippen molar-refractivity contribution in [2.45, 2.75) is 26.8 Å². The van der Waals surface area contributed by atoms with Crippen LogP contribution in [0.15, 0.2) is 30.3 Å². The summed E-state index contributed by atoms with van der Waals surface area (Å²) in [6, 6.07) is 11.8. The van der Waals surface area contributed by atoms with Gasteiger partial charge in [0.15, 0.2) is 0 Å². The number of nitrogen functional groups attached to an aromatic ring is 1. The molecule has 1 aromatic carbocycles. The molecule has 2 N–H and O–H groups in total. The Hall–Kier alpha value is -2.12. The topological polar surface area (TPSA) is 58.0 Å². The molecule has 1 aliphatic rings. The number of halogens is 1. The van der Waals surface area contributed by atoms with E-state index >= 15 is 0 Å². The standard InChI is InChI=1S/C19H23ClN4/c1-13-7-14(2)11-23(10-13)19-18(22)8-17(9-21)24(19)12-15-3-5-16(20)6-4-15/h3-6,8,13-14H,7,10-12,22H2,1-2H3. The molecule has 0 bridgehead atoms. The Morgan fingerprint density at radius 2 is 1.83 bits per heavy atom. The van der Waals surface area contributed by atoms with Crippen molar-refractivity contribution >= 4 is 23.1 Å². The smallest absolute Gasteiger partial charge is 0.133 e. The largest absolute Gasteiger partial charge is 0.396 e. The number of aromatic nitrogens is 1. The Morgan fingerprint density at radius 3 is 2.42 bits per heavy atom. The van der Waals surface area contributed by atoms with Crippen molar-refractivity contribution in [3.8, 4) is 6.07 Å². The summed E-state index contributed by atoms with van der Waals surface area (Å²) in [5.41, 5.74) is 8.67. The van der Waals surface area contributed by atoms with Crippen LogP contribution in [0.3, 0.4) is 0 Å². The molecule has 0 saturated carbocycles. The molecule has 2 unspecified atom stereocenters. The Kier molecular flexibility index (Phi) is 4.73. The first kappa shape index (κ1) is 16.7. The van der Waals surface area contributed by atoms with Crippen LogP contribution in [0, 0.1) is 23.2 Å². The van der Waals surface area contributed by atoms with Crippen molar-refractivity contribution in [3.05, 3.63) is 46.6 Å². The number of hydrogen-bond acceptors (Lipinski definition) is 3. The number of nitrogens with zero attached hydrogens (tertiary/aromatic N) is 3. The molecule has 2 aromatic rings. The van der Waals surface area contributed by atoms with Crippen LogP contribution in [0.25, 0.3) is 0 Å². The van der Waals surface area contributed by atoms with Gasteiger partial charge in [0.2, 0.25) is 0 Å². The number of nitriles is 1. The van der Waals surface area contributed by atoms with Crippen LogP contribution >= 0.6 is 11.6 Å². The van der Waals surface area contributed by atoms with Crippen molar-refractivity contribution in [1.82, 2.24) is 4.57 Å². The molecule has 2 heterocycles. The van der Waals surface area contributed by atoms with Gasteiger partial charge in [0.05, 0.1) is 12.2 Å². The highest BCUT2D eigenvalue weighted by Gasteiger charge is 2.26. The van der Waals surface area contributed by atoms with Crippen molar-refractivity contribution < 1.29 is 0 Å². The van der Waals surface area contributed by atoms with E-state index in [0.717, 1.165) is 24.5 Å². The van der Waals surface area contributed by atoms with Crippen LogP contribution in [0.1, 0.15) is 31.5 Å². The fourth-order valence-corrected chi connectivity index (χ4v) is 3.90. The quantitative estimate of drug-likeness (QED) is 0.912. The molecule has 0 spiro atoms. The van der Waals surface area contributed by atoms with Gasteiger partial charge < -0.3 is 15.2 Å². The first-order valence-corrected chi connectivity index (χ1v) is 8.74. The van der Waals surface area contributed by atoms with E-state index in [-0.39, 0.29) is 0 Å². The Balaban J connectivity index is 1.98. The zero-order valence-corrected chi connectivity index (χ0v) is 14.9. The van der Waals surface area contributed by atoms with Crippen LogP contribution < -0.4 is 10.6 Å². The number of nitrogens with two attached hydrogens (primary N) is 1. The molecule has 1 aliphatic heterocycles. The molecule has 24 heavy (non-hydrogen) atoms. The van der Waals surface area contributed by atoms with Crippen LogP contribution in [-0.2, 0) is 6.54 Å². The van der Waals surface area contributed by atoms with Crippen molar-refractivity contribution in [2.24, 2.45) is 11.8 Å². The van der Waals surface area contributed by atoms with E-state index in [1.54, 1.807) is 6.07 Å². The number of piperidine rings is 1. The number of hydrogen-bond donors (Lipinski definition) is 1. The van der Waals surface area contributed by atoms with E-state index in [2.05, 4.69) is 24.8 Å². The predicted octanol–water partition coefficient (Wildman–Crippen LogP) is 4.13. The van der Waals surface area contributed by atoms with Crippen LogP contribution in [0.2, 0.25) is 5.02 Å². The molecule has 1 aromatic heterocycles. The van der Waals surface area contributed by atoms with Crippen LogP contribution in [0.5, 0.6) is 0 Å². The van der Waals surface area contributed by atoms with Gasteiger partial charge >= 0.3 is 0 Å². The van der Waals surface area contributed by atoms with Crippen LogP contribution in [0.4, 0.5) is 11.5 Å². The Morgan fingerprint density at radius 1 is 1.21 bits per heavy atom. The summed E-state index contributed by atoms with van der Waals surface area (Å²) in [5, 5.41) is 10.2. The molecular formula is C19H23ClN4. The molecule has 1 fully saturated rings. The number of rotatable bonds is 3. The van der Waals surface area contributed by atoms with E-state index in [4.69, 9.17) is 17.3 Å². The van der Waals surface area contributed by atoms with Gasteiger partial charge in [-0.3, -0.25) is 0 Å². The molecule has 2 atom stereocenters. The van der Waals surface area contributed by atoms with E-state index < -0.39 is 0 Å². The van der Waals surface area contributed by atoms with E-state index in [1.165, 1.54) is 6.42 Å². The molecule has 4 nitrogen and oxygen atoms in total. The maximum atomic E-state index is 9.51. The van der Waals surface area contributed by atoms with Crippen molar-refractivity contribution in [3.63, 3.8) is 0 Å². The van der Waals surface area contributed by atoms with Gasteiger partial charge in [0, 0.05) is 18.1 Å². The third-order valence-electron chi connectivity index (χ3n) is 4.63. The lowest BCUT2D eigenvalue weighted by atomic mass is 9.92. The minimum absolute atomic E-state index is 0.600. The van der Waals surface area contributed by atoms with Crippen molar-refractivity contribution in [1.29, 1.82) is 5.26 Å². The van der Waals surface area contributed by atoms with Crippen LogP contribution in [-0.4, -0.2) is 17.7 Å². The Labute approximate surface area is 148 Å². The summed E-state index contributed by atoms with van der Waals surface area (Å²) in [6.45, 7) is 7.12. The molecule has 126 valence electrons. The number of anilines is 2. The summed E-state index contributed by atoms with van der Waals surface area (Å²) >= 11 is 5.98. The van der Waals surface area contributed by atoms with Gasteiger partial charge in [-0.05, 0) is 42.0 Å². The lowest BCUT2D eigenvalue weighted by Gasteiger charge is -2.37. The lowest BCUT2D eigenvalue weighted by molar-refractivity contribution is 0.353. The van der Waals surface area contributed by atoms with Gasteiger partial charge in [0.25, 0.3) is 0 Å². The highest BCUT2D eigenvalue weighted by atomic mass is 35.5. The molecule has 5 heteroatoms. The summed E-state index contributed by atoms with van der Waals surface area (Å²) in [6.07, 6.45) is 1.24. The molecule has 0 amide bonds. The SMILES string of the molecule is CC1CC(C)CN(c2c(N)cc(C#N)n2Cc2ccc(Cl)cc2)C1. The zero-order valence-electron chi connectivity index (χ0n) is 14.2. The average molecular weight is 343 g/mol. The maximum absolute atomic E-state index is 9.51. The third kappa shape index (κ3) is 3.37. The second-order valence-electron chi connectivity index (χ2n) is 6.98. The first-order valence-electron chi connectivity index (χ1n) is 8.36. The van der Waals surface area contributed by atoms with Gasteiger partial charge in [-0.2, -0.15) is 5.26 Å². The molecule has 3 rings (SSSR count). The number of benzene rings is 1. The summed E-state index contributed by atoms with van der Waals surface area (Å²) < 4.78 is 2.03. The summed E-state index contributed by atoms with van der Waals surface area (Å²) in [5.74, 6) is 2.22. The molecule has 0 radical (unpaired) electrons. The van der Waals surface area contributed by atoms with Crippen molar-refractivity contribution in [2.75, 3.05) is 23.7 Å². The minimum atomic E-state index is 0.600. The van der Waals surface area contributed by atoms with Gasteiger partial charge in [-0.1, -0.05) is 37.6 Å². The van der Waals surface area contributed by atoms with Gasteiger partial charge in [-0.15, -0.1) is 0 Å². The molecule has 1 saturated heterocycles. The average Bonchev–Trinajstić information content (AvgIpc) is 2.84. The van der Waals surface area contributed by atoms with Gasteiger partial charge in [0.1, 0.15) is 17.6 Å². The zero-order chi connectivity index (χ0) is 17.3. The second kappa shape index (κ2) is 6.78. The fourth-order valence-electron chi connectivity index (χ4n) is 3.77. The Bertz CT molecular complexity index is 747. The minimum Gasteiger partial charge on any atom is -0.396 e. The predicted molar refractivity (Wildman–Crippen MR) is 99.3 cm³/mol. The summed E-state index contributed by atoms with van der Waals surface area (Å²) in [7, 11) is 0. The molecular weight excluding hydrogens is 320 g/mol. The molecule has 0 aliphatic carbocycles. The monoisotopic (exact) mass is 342 g/mol. The van der Waals surface area contributed by atoms with Gasteiger partial charge in [-0.25, -0.2) is 0 Å². The van der Waals surface area contributed by atoms with E-state index in [1.807, 2.05) is 28.8 Å². The fraction of sp³-hybridized carbons (Fsp3) is 0.421. The van der Waals surface area contributed by atoms with E-state index in [0.29, 0.717) is 34.8 Å². The first-order chi connectivity index (χ1) is 11.5. The normalized spacial score (nSPS) is 20.8. The summed E-state index contributed by atoms with van der Waals surface area (Å²) in [4.78, 5) is 2.34. The lowest BCUT2D eigenvalue weighted by Crippen LogP contribution is -2.40. The third-order valence-corrected chi connectivity index (χ3v) is 4.89.